The predicted octanol–water partition coefficient (Wildman–Crippen LogP) is 6.56. The number of thioether (sulfide) groups is 1. The lowest BCUT2D eigenvalue weighted by atomic mass is 10.1. The third kappa shape index (κ3) is 7.24. The minimum absolute atomic E-state index is 0.0957. The zero-order chi connectivity index (χ0) is 26.0. The van der Waals surface area contributed by atoms with Gasteiger partial charge in [0.1, 0.15) is 18.1 Å². The van der Waals surface area contributed by atoms with Gasteiger partial charge in [-0.1, -0.05) is 91.4 Å². The molecule has 0 atom stereocenters. The van der Waals surface area contributed by atoms with E-state index in [0.29, 0.717) is 34.5 Å². The summed E-state index contributed by atoms with van der Waals surface area (Å²) >= 11 is 1.43. The van der Waals surface area contributed by atoms with E-state index in [1.807, 2.05) is 74.5 Å². The fourth-order valence-electron chi connectivity index (χ4n) is 3.47. The molecular weight excluding hydrogens is 486 g/mol. The molecule has 1 heterocycles. The van der Waals surface area contributed by atoms with Gasteiger partial charge in [0.2, 0.25) is 0 Å². The fourth-order valence-corrected chi connectivity index (χ4v) is 4.24. The molecule has 0 bridgehead atoms. The Balaban J connectivity index is 1.38. The van der Waals surface area contributed by atoms with Crippen molar-refractivity contribution >= 4 is 23.4 Å². The Hall–Kier alpha value is -4.04. The minimum Gasteiger partial charge on any atom is -0.487 e. The van der Waals surface area contributed by atoms with Crippen LogP contribution in [-0.2, 0) is 4.74 Å². The maximum atomic E-state index is 12.1. The van der Waals surface area contributed by atoms with Crippen LogP contribution in [0.25, 0.3) is 22.5 Å². The largest absolute Gasteiger partial charge is 0.487 e. The zero-order valence-electron chi connectivity index (χ0n) is 20.8. The Labute approximate surface area is 220 Å². The number of carbonyl (C=O) groups excluding carboxylic acids is 1. The van der Waals surface area contributed by atoms with Crippen LogP contribution in [-0.4, -0.2) is 45.8 Å². The van der Waals surface area contributed by atoms with Crippen LogP contribution in [0.5, 0.6) is 5.75 Å². The van der Waals surface area contributed by atoms with Gasteiger partial charge in [-0.15, -0.1) is 0 Å². The number of hydrogen-bond acceptors (Lipinski definition) is 7. The van der Waals surface area contributed by atoms with Crippen LogP contribution in [0.15, 0.2) is 95.2 Å². The summed E-state index contributed by atoms with van der Waals surface area (Å²) in [5, 5.41) is 13.6. The standard InChI is InChI=1S/C29H29N3O4S/c1-20(2)17-36-28(33)23-13-15-25(16-14-23)35-18-24(32-34)19-37-29-30-26(21-9-5-3-6-10-21)27(31-29)22-11-7-4-8-12-22/h3-16,20,34H,17-19H2,1-2H3,(H,30,31)/b32-24+. The molecular formula is C29H29N3O4S. The SMILES string of the molecule is CC(C)COC(=O)c1ccc(OC/C(CSc2nc(-c3ccccc3)c(-c3ccccc3)[nH]2)=N\O)cc1. The first-order valence-corrected chi connectivity index (χ1v) is 13.0. The van der Waals surface area contributed by atoms with Crippen LogP contribution in [0.2, 0.25) is 0 Å². The second kappa shape index (κ2) is 12.8. The molecule has 8 heteroatoms. The number of aromatic nitrogens is 2. The molecule has 2 N–H and O–H groups in total. The van der Waals surface area contributed by atoms with Crippen LogP contribution in [0, 0.1) is 5.92 Å². The summed E-state index contributed by atoms with van der Waals surface area (Å²) in [6.45, 7) is 4.44. The summed E-state index contributed by atoms with van der Waals surface area (Å²) in [5.41, 5.74) is 4.75. The first-order chi connectivity index (χ1) is 18.0. The highest BCUT2D eigenvalue weighted by molar-refractivity contribution is 7.99. The smallest absolute Gasteiger partial charge is 0.338 e. The van der Waals surface area contributed by atoms with E-state index < -0.39 is 0 Å². The highest BCUT2D eigenvalue weighted by Crippen LogP contribution is 2.32. The van der Waals surface area contributed by atoms with Crippen molar-refractivity contribution in [1.29, 1.82) is 0 Å². The molecule has 0 saturated carbocycles. The van der Waals surface area contributed by atoms with E-state index in [9.17, 15) is 10.0 Å². The molecule has 1 aromatic heterocycles. The van der Waals surface area contributed by atoms with Gasteiger partial charge in [-0.2, -0.15) is 0 Å². The second-order valence-electron chi connectivity index (χ2n) is 8.76. The van der Waals surface area contributed by atoms with E-state index in [1.54, 1.807) is 24.3 Å². The molecule has 0 fully saturated rings. The first kappa shape index (κ1) is 26.0. The Morgan fingerprint density at radius 1 is 0.973 bits per heavy atom. The third-order valence-corrected chi connectivity index (χ3v) is 6.30. The Bertz CT molecular complexity index is 1260. The number of carbonyl (C=O) groups is 1. The molecule has 0 aliphatic carbocycles. The number of oxime groups is 1. The Morgan fingerprint density at radius 3 is 2.24 bits per heavy atom. The number of ether oxygens (including phenoxy) is 2. The fraction of sp³-hybridized carbons (Fsp3) is 0.207. The molecule has 0 saturated heterocycles. The number of nitrogens with one attached hydrogen (secondary N) is 1. The molecule has 0 radical (unpaired) electrons. The number of hydrogen-bond donors (Lipinski definition) is 2. The van der Waals surface area contributed by atoms with Gasteiger partial charge < -0.3 is 19.7 Å². The number of aromatic amines is 1. The van der Waals surface area contributed by atoms with E-state index in [4.69, 9.17) is 14.5 Å². The number of nitrogens with zero attached hydrogens (tertiary/aromatic N) is 2. The number of esters is 1. The van der Waals surface area contributed by atoms with Gasteiger partial charge in [0, 0.05) is 16.9 Å². The molecule has 0 spiro atoms. The minimum atomic E-state index is -0.363. The van der Waals surface area contributed by atoms with Gasteiger partial charge >= 0.3 is 5.97 Å². The van der Waals surface area contributed by atoms with Crippen molar-refractivity contribution < 1.29 is 19.5 Å². The van der Waals surface area contributed by atoms with E-state index in [0.717, 1.165) is 22.5 Å². The molecule has 190 valence electrons. The van der Waals surface area contributed by atoms with Crippen LogP contribution in [0.1, 0.15) is 24.2 Å². The van der Waals surface area contributed by atoms with Crippen molar-refractivity contribution in [2.75, 3.05) is 19.0 Å². The number of benzene rings is 3. The molecule has 7 nitrogen and oxygen atoms in total. The van der Waals surface area contributed by atoms with Crippen molar-refractivity contribution in [3.8, 4) is 28.3 Å². The van der Waals surface area contributed by atoms with E-state index in [2.05, 4.69) is 10.1 Å². The highest BCUT2D eigenvalue weighted by atomic mass is 32.2. The van der Waals surface area contributed by atoms with Crippen molar-refractivity contribution in [3.05, 3.63) is 90.5 Å². The lowest BCUT2D eigenvalue weighted by Crippen LogP contribution is -2.14. The average Bonchev–Trinajstić information content (AvgIpc) is 3.37. The highest BCUT2D eigenvalue weighted by Gasteiger charge is 2.15. The zero-order valence-corrected chi connectivity index (χ0v) is 21.6. The van der Waals surface area contributed by atoms with Gasteiger partial charge in [-0.25, -0.2) is 9.78 Å². The van der Waals surface area contributed by atoms with E-state index >= 15 is 0 Å². The van der Waals surface area contributed by atoms with Crippen molar-refractivity contribution in [2.24, 2.45) is 11.1 Å². The molecule has 4 aromatic rings. The summed E-state index contributed by atoms with van der Waals surface area (Å²) in [7, 11) is 0. The Morgan fingerprint density at radius 2 is 1.62 bits per heavy atom. The molecule has 3 aromatic carbocycles. The van der Waals surface area contributed by atoms with Gasteiger partial charge in [-0.3, -0.25) is 0 Å². The van der Waals surface area contributed by atoms with Gasteiger partial charge in [0.15, 0.2) is 5.16 Å². The van der Waals surface area contributed by atoms with E-state index in [1.165, 1.54) is 11.8 Å². The molecule has 0 aliphatic rings. The molecule has 0 unspecified atom stereocenters. The predicted molar refractivity (Wildman–Crippen MR) is 146 cm³/mol. The molecule has 37 heavy (non-hydrogen) atoms. The average molecular weight is 516 g/mol. The van der Waals surface area contributed by atoms with Crippen molar-refractivity contribution in [2.45, 2.75) is 19.0 Å². The van der Waals surface area contributed by atoms with Gasteiger partial charge in [-0.05, 0) is 30.2 Å². The van der Waals surface area contributed by atoms with Crippen LogP contribution in [0.4, 0.5) is 0 Å². The quantitative estimate of drug-likeness (QED) is 0.0772. The van der Waals surface area contributed by atoms with Crippen LogP contribution < -0.4 is 4.74 Å². The van der Waals surface area contributed by atoms with Crippen molar-refractivity contribution in [1.82, 2.24) is 9.97 Å². The third-order valence-electron chi connectivity index (χ3n) is 5.35. The summed E-state index contributed by atoms with van der Waals surface area (Å²) < 4.78 is 11.0. The lowest BCUT2D eigenvalue weighted by Gasteiger charge is -2.09. The first-order valence-electron chi connectivity index (χ1n) is 12.0. The Kier molecular flexibility index (Phi) is 8.99. The van der Waals surface area contributed by atoms with Crippen molar-refractivity contribution in [3.63, 3.8) is 0 Å². The van der Waals surface area contributed by atoms with Crippen LogP contribution in [0.3, 0.4) is 0 Å². The molecule has 0 amide bonds. The summed E-state index contributed by atoms with van der Waals surface area (Å²) in [6, 6.07) is 26.7. The molecule has 4 rings (SSSR count). The number of H-pyrrole nitrogens is 1. The number of imidazole rings is 1. The number of rotatable bonds is 11. The second-order valence-corrected chi connectivity index (χ2v) is 9.72. The normalized spacial score (nSPS) is 11.5. The maximum absolute atomic E-state index is 12.1. The van der Waals surface area contributed by atoms with Gasteiger partial charge in [0.25, 0.3) is 0 Å². The summed E-state index contributed by atoms with van der Waals surface area (Å²) in [4.78, 5) is 20.3. The lowest BCUT2D eigenvalue weighted by molar-refractivity contribution is 0.0459. The monoisotopic (exact) mass is 515 g/mol. The van der Waals surface area contributed by atoms with Crippen LogP contribution >= 0.6 is 11.8 Å². The summed E-state index contributed by atoms with van der Waals surface area (Å²) in [5.74, 6) is 0.850. The topological polar surface area (TPSA) is 96.8 Å². The van der Waals surface area contributed by atoms with E-state index in [-0.39, 0.29) is 18.5 Å². The maximum Gasteiger partial charge on any atom is 0.338 e. The molecule has 0 aliphatic heterocycles. The summed E-state index contributed by atoms with van der Waals surface area (Å²) in [6.07, 6.45) is 0. The van der Waals surface area contributed by atoms with Gasteiger partial charge in [0.05, 0.1) is 23.6 Å².